The van der Waals surface area contributed by atoms with Crippen LogP contribution in [0.15, 0.2) is 18.2 Å². The Kier molecular flexibility index (Phi) is 10.1. The summed E-state index contributed by atoms with van der Waals surface area (Å²) < 4.78 is 0. The summed E-state index contributed by atoms with van der Waals surface area (Å²) in [5, 5.41) is 12.1. The number of benzene rings is 1. The fourth-order valence-electron chi connectivity index (χ4n) is 3.43. The topological polar surface area (TPSA) is 145 Å². The van der Waals surface area contributed by atoms with Gasteiger partial charge in [-0.25, -0.2) is 0 Å². The molecule has 2 aromatic rings. The molecule has 0 amide bonds. The first-order valence-corrected chi connectivity index (χ1v) is 11.7. The van der Waals surface area contributed by atoms with E-state index in [1.807, 2.05) is 6.92 Å². The van der Waals surface area contributed by atoms with Crippen LogP contribution in [-0.2, 0) is 19.2 Å². The molecule has 1 heterocycles. The molecule has 0 fully saturated rings. The molecule has 0 radical (unpaired) electrons. The molecule has 1 aromatic heterocycles. The maximum atomic E-state index is 12.1. The smallest absolute Gasteiger partial charge is 0.271 e. The van der Waals surface area contributed by atoms with E-state index in [1.54, 1.807) is 18.2 Å². The third kappa shape index (κ3) is 7.30. The van der Waals surface area contributed by atoms with Crippen molar-refractivity contribution in [2.45, 2.75) is 64.3 Å². The quantitative estimate of drug-likeness (QED) is 0.165. The normalized spacial score (nSPS) is 12.6. The lowest BCUT2D eigenvalue weighted by atomic mass is 9.87. The summed E-state index contributed by atoms with van der Waals surface area (Å²) in [6.07, 6.45) is 4.43. The minimum Gasteiger partial charge on any atom is -0.382 e. The van der Waals surface area contributed by atoms with Crippen LogP contribution in [0.3, 0.4) is 0 Å². The fraction of sp³-hybridized carbons (Fsp3) is 0.435. The number of unbranched alkanes of at least 4 members (excludes halogenated alkanes) is 3. The molecule has 0 aliphatic rings. The summed E-state index contributed by atoms with van der Waals surface area (Å²) in [7, 11) is 0. The van der Waals surface area contributed by atoms with E-state index >= 15 is 0 Å². The van der Waals surface area contributed by atoms with Crippen LogP contribution in [0.1, 0.15) is 58.8 Å². The van der Waals surface area contributed by atoms with Crippen LogP contribution < -0.4 is 11.1 Å². The van der Waals surface area contributed by atoms with Crippen molar-refractivity contribution in [1.29, 1.82) is 0 Å². The second kappa shape index (κ2) is 12.5. The van der Waals surface area contributed by atoms with Gasteiger partial charge in [-0.2, -0.15) is 4.98 Å². The fourth-order valence-corrected chi connectivity index (χ4v) is 3.82. The monoisotopic (exact) mass is 507 g/mol. The standard InChI is InChI=1S/C23H27Cl2N5O4/c1-3-4-5-6-11-23(2,12-10-16(32)20(34)17(33)13-31)28-22-27-21(26)19(29-30-22)14-8-7-9-15(24)18(14)25/h7-9,13H,3-6,10-12H2,1-2H3,(H3,26,27,28,30). The Labute approximate surface area is 207 Å². The predicted octanol–water partition coefficient (Wildman–Crippen LogP) is 4.26. The van der Waals surface area contributed by atoms with Gasteiger partial charge in [0.05, 0.1) is 10.0 Å². The largest absolute Gasteiger partial charge is 0.382 e. The SMILES string of the molecule is CCCCCCC(C)(CCC(=O)C(=O)C(=O)C=O)Nc1nnc(-c2cccc(Cl)c2Cl)c(N)n1. The summed E-state index contributed by atoms with van der Waals surface area (Å²) in [5.41, 5.74) is 6.18. The number of nitrogens with two attached hydrogens (primary N) is 1. The van der Waals surface area contributed by atoms with Crippen molar-refractivity contribution in [1.82, 2.24) is 15.2 Å². The Morgan fingerprint density at radius 2 is 1.85 bits per heavy atom. The molecule has 11 heteroatoms. The molecule has 9 nitrogen and oxygen atoms in total. The number of hydrogen-bond donors (Lipinski definition) is 2. The molecular weight excluding hydrogens is 481 g/mol. The number of carbonyl (C=O) groups excluding carboxylic acids is 4. The van der Waals surface area contributed by atoms with E-state index in [1.165, 1.54) is 0 Å². The van der Waals surface area contributed by atoms with E-state index in [4.69, 9.17) is 28.9 Å². The van der Waals surface area contributed by atoms with Crippen LogP contribution in [0, 0.1) is 0 Å². The summed E-state index contributed by atoms with van der Waals surface area (Å²) in [5.74, 6) is -3.35. The van der Waals surface area contributed by atoms with Gasteiger partial charge in [0.15, 0.2) is 12.1 Å². The number of nitrogen functional groups attached to an aromatic ring is 1. The molecule has 34 heavy (non-hydrogen) atoms. The highest BCUT2D eigenvalue weighted by atomic mass is 35.5. The van der Waals surface area contributed by atoms with Gasteiger partial charge in [-0.15, -0.1) is 10.2 Å². The number of hydrogen-bond acceptors (Lipinski definition) is 9. The van der Waals surface area contributed by atoms with Crippen molar-refractivity contribution in [3.63, 3.8) is 0 Å². The zero-order valence-electron chi connectivity index (χ0n) is 19.1. The van der Waals surface area contributed by atoms with E-state index in [-0.39, 0.29) is 41.6 Å². The average Bonchev–Trinajstić information content (AvgIpc) is 2.81. The Morgan fingerprint density at radius 1 is 1.12 bits per heavy atom. The molecule has 1 atom stereocenters. The van der Waals surface area contributed by atoms with Gasteiger partial charge in [-0.05, 0) is 25.8 Å². The van der Waals surface area contributed by atoms with Crippen molar-refractivity contribution in [3.8, 4) is 11.3 Å². The van der Waals surface area contributed by atoms with E-state index < -0.39 is 22.9 Å². The molecule has 1 unspecified atom stereocenters. The number of aldehydes is 1. The lowest BCUT2D eigenvalue weighted by Crippen LogP contribution is -2.37. The summed E-state index contributed by atoms with van der Waals surface area (Å²) in [6, 6.07) is 5.04. The van der Waals surface area contributed by atoms with Crippen LogP contribution >= 0.6 is 23.2 Å². The molecule has 1 aromatic carbocycles. The zero-order chi connectivity index (χ0) is 25.3. The minimum absolute atomic E-state index is 0.0813. The molecule has 3 N–H and O–H groups in total. The summed E-state index contributed by atoms with van der Waals surface area (Å²) in [4.78, 5) is 49.8. The lowest BCUT2D eigenvalue weighted by molar-refractivity contribution is -0.145. The van der Waals surface area contributed by atoms with Crippen LogP contribution in [0.2, 0.25) is 10.0 Å². The van der Waals surface area contributed by atoms with Crippen molar-refractivity contribution in [2.75, 3.05) is 11.1 Å². The number of nitrogens with zero attached hydrogens (tertiary/aromatic N) is 3. The zero-order valence-corrected chi connectivity index (χ0v) is 20.6. The Bertz CT molecular complexity index is 1080. The molecule has 0 saturated heterocycles. The first kappa shape index (κ1) is 27.3. The van der Waals surface area contributed by atoms with Crippen molar-refractivity contribution >= 4 is 58.6 Å². The van der Waals surface area contributed by atoms with Gasteiger partial charge in [-0.1, -0.05) is 67.9 Å². The van der Waals surface area contributed by atoms with E-state index in [0.717, 1.165) is 25.7 Å². The lowest BCUT2D eigenvalue weighted by Gasteiger charge is -2.31. The van der Waals surface area contributed by atoms with Crippen LogP contribution in [0.25, 0.3) is 11.3 Å². The van der Waals surface area contributed by atoms with Gasteiger partial charge in [0, 0.05) is 17.5 Å². The van der Waals surface area contributed by atoms with Gasteiger partial charge < -0.3 is 11.1 Å². The molecule has 182 valence electrons. The number of nitrogens with one attached hydrogen (secondary N) is 1. The van der Waals surface area contributed by atoms with E-state index in [0.29, 0.717) is 17.0 Å². The molecule has 0 aliphatic heterocycles. The number of Topliss-reactive ketones (excluding diaryl/α,β-unsaturated/α-hetero) is 3. The van der Waals surface area contributed by atoms with Gasteiger partial charge in [0.1, 0.15) is 5.69 Å². The number of aromatic nitrogens is 3. The molecule has 0 saturated carbocycles. The summed E-state index contributed by atoms with van der Waals surface area (Å²) in [6.45, 7) is 3.96. The van der Waals surface area contributed by atoms with Gasteiger partial charge >= 0.3 is 0 Å². The molecule has 0 aliphatic carbocycles. The second-order valence-electron chi connectivity index (χ2n) is 8.20. The van der Waals surface area contributed by atoms with Crippen molar-refractivity contribution < 1.29 is 19.2 Å². The number of anilines is 2. The average molecular weight is 508 g/mol. The number of carbonyl (C=O) groups is 4. The van der Waals surface area contributed by atoms with Crippen molar-refractivity contribution in [2.24, 2.45) is 0 Å². The van der Waals surface area contributed by atoms with Crippen LogP contribution in [0.4, 0.5) is 11.8 Å². The Hall–Kier alpha value is -2.91. The second-order valence-corrected chi connectivity index (χ2v) is 8.99. The highest BCUT2D eigenvalue weighted by Gasteiger charge is 2.29. The number of ketones is 3. The predicted molar refractivity (Wildman–Crippen MR) is 131 cm³/mol. The molecular formula is C23H27Cl2N5O4. The van der Waals surface area contributed by atoms with Gasteiger partial charge in [0.2, 0.25) is 11.7 Å². The third-order valence-corrected chi connectivity index (χ3v) is 6.22. The first-order chi connectivity index (χ1) is 16.1. The third-order valence-electron chi connectivity index (χ3n) is 5.40. The first-order valence-electron chi connectivity index (χ1n) is 10.9. The Balaban J connectivity index is 2.22. The maximum absolute atomic E-state index is 12.1. The van der Waals surface area contributed by atoms with Crippen molar-refractivity contribution in [3.05, 3.63) is 28.2 Å². The Morgan fingerprint density at radius 3 is 2.50 bits per heavy atom. The van der Waals surface area contributed by atoms with Crippen LogP contribution in [-0.4, -0.2) is 44.4 Å². The maximum Gasteiger partial charge on any atom is 0.271 e. The van der Waals surface area contributed by atoms with Gasteiger partial charge in [-0.3, -0.25) is 19.2 Å². The molecule has 0 spiro atoms. The summed E-state index contributed by atoms with van der Waals surface area (Å²) >= 11 is 12.3. The van der Waals surface area contributed by atoms with Gasteiger partial charge in [0.25, 0.3) is 11.6 Å². The minimum atomic E-state index is -1.35. The van der Waals surface area contributed by atoms with Crippen LogP contribution in [0.5, 0.6) is 0 Å². The number of halogens is 2. The number of rotatable bonds is 14. The van der Waals surface area contributed by atoms with E-state index in [2.05, 4.69) is 27.4 Å². The molecule has 2 rings (SSSR count). The highest BCUT2D eigenvalue weighted by Crippen LogP contribution is 2.34. The molecule has 0 bridgehead atoms. The highest BCUT2D eigenvalue weighted by molar-refractivity contribution is 6.74. The van der Waals surface area contributed by atoms with E-state index in [9.17, 15) is 19.2 Å².